The summed E-state index contributed by atoms with van der Waals surface area (Å²) in [5.41, 5.74) is 2.61. The maximum absolute atomic E-state index is 11.9. The third-order valence-electron chi connectivity index (χ3n) is 4.46. The molecule has 2 aliphatic rings. The van der Waals surface area contributed by atoms with Crippen LogP contribution in [0.3, 0.4) is 0 Å². The maximum atomic E-state index is 11.9. The number of hydrogen-bond donors (Lipinski definition) is 0. The van der Waals surface area contributed by atoms with Gasteiger partial charge in [0.1, 0.15) is 5.78 Å². The molecule has 1 aromatic rings. The van der Waals surface area contributed by atoms with E-state index in [1.165, 1.54) is 11.3 Å². The first-order valence-electron chi connectivity index (χ1n) is 6.65. The van der Waals surface area contributed by atoms with E-state index in [-0.39, 0.29) is 5.92 Å². The Kier molecular flexibility index (Phi) is 2.86. The molecule has 1 saturated heterocycles. The molecule has 0 unspecified atom stereocenters. The number of carbonyl (C=O) groups excluding carboxylic acids is 1. The monoisotopic (exact) mass is 263 g/mol. The van der Waals surface area contributed by atoms with Gasteiger partial charge in [-0.25, -0.2) is 0 Å². The van der Waals surface area contributed by atoms with Crippen LogP contribution < -0.4 is 4.90 Å². The van der Waals surface area contributed by atoms with E-state index < -0.39 is 0 Å². The number of anilines is 1. The number of ketones is 1. The van der Waals surface area contributed by atoms with Gasteiger partial charge in [0.2, 0.25) is 0 Å². The van der Waals surface area contributed by atoms with Crippen LogP contribution in [0.15, 0.2) is 18.2 Å². The third-order valence-corrected chi connectivity index (χ3v) is 4.69. The molecule has 1 fully saturated rings. The minimum Gasteiger partial charge on any atom is -0.367 e. The molecule has 0 amide bonds. The summed E-state index contributed by atoms with van der Waals surface area (Å²) in [5, 5.41) is 0.806. The normalized spacial score (nSPS) is 30.9. The van der Waals surface area contributed by atoms with Crippen molar-refractivity contribution in [2.75, 3.05) is 11.4 Å². The zero-order valence-electron chi connectivity index (χ0n) is 10.8. The van der Waals surface area contributed by atoms with Gasteiger partial charge in [0.25, 0.3) is 0 Å². The molecule has 2 nitrogen and oxygen atoms in total. The molecule has 0 N–H and O–H groups in total. The van der Waals surface area contributed by atoms with Gasteiger partial charge in [-0.15, -0.1) is 0 Å². The van der Waals surface area contributed by atoms with Crippen molar-refractivity contribution in [1.82, 2.24) is 0 Å². The number of carbonyl (C=O) groups is 1. The highest BCUT2D eigenvalue weighted by atomic mass is 35.5. The second-order valence-corrected chi connectivity index (χ2v) is 6.08. The van der Waals surface area contributed by atoms with Crippen LogP contribution in [-0.2, 0) is 11.2 Å². The predicted octanol–water partition coefficient (Wildman–Crippen LogP) is 3.32. The fraction of sp³-hybridized carbons (Fsp3) is 0.533. The summed E-state index contributed by atoms with van der Waals surface area (Å²) in [6.07, 6.45) is 1.70. The molecule has 3 heteroatoms. The molecular formula is C15H18ClNO. The van der Waals surface area contributed by atoms with Crippen molar-refractivity contribution in [3.8, 4) is 0 Å². The minimum atomic E-state index is 0.151. The number of fused-ring (bicyclic) bond motifs is 3. The van der Waals surface area contributed by atoms with E-state index in [1.807, 2.05) is 6.07 Å². The molecule has 3 atom stereocenters. The van der Waals surface area contributed by atoms with E-state index >= 15 is 0 Å². The van der Waals surface area contributed by atoms with Crippen molar-refractivity contribution in [2.24, 2.45) is 11.8 Å². The summed E-state index contributed by atoms with van der Waals surface area (Å²) in [6, 6.07) is 6.50. The van der Waals surface area contributed by atoms with Crippen LogP contribution in [0.2, 0.25) is 5.02 Å². The van der Waals surface area contributed by atoms with E-state index in [0.29, 0.717) is 24.2 Å². The molecular weight excluding hydrogens is 246 g/mol. The summed E-state index contributed by atoms with van der Waals surface area (Å²) in [5.74, 6) is 1.08. The Labute approximate surface area is 113 Å². The van der Waals surface area contributed by atoms with Crippen molar-refractivity contribution in [2.45, 2.75) is 32.7 Å². The molecule has 1 aromatic carbocycles. The molecule has 0 bridgehead atoms. The standard InChI is InChI=1S/C15H18ClNO/c1-9-7-11-8-12(16)3-4-13(11)17-6-5-14(18)10(2)15(9)17/h3-4,8-10,15H,5-7H2,1-2H3/t9-,10+,15-/m0/s1. The summed E-state index contributed by atoms with van der Waals surface area (Å²) in [6.45, 7) is 5.18. The first-order chi connectivity index (χ1) is 8.58. The minimum absolute atomic E-state index is 0.151. The van der Waals surface area contributed by atoms with Crippen LogP contribution in [0.5, 0.6) is 0 Å². The quantitative estimate of drug-likeness (QED) is 0.716. The van der Waals surface area contributed by atoms with Crippen LogP contribution >= 0.6 is 11.6 Å². The van der Waals surface area contributed by atoms with Gasteiger partial charge in [0.15, 0.2) is 0 Å². The lowest BCUT2D eigenvalue weighted by molar-refractivity contribution is -0.124. The highest BCUT2D eigenvalue weighted by Crippen LogP contribution is 2.40. The lowest BCUT2D eigenvalue weighted by Crippen LogP contribution is -2.54. The molecule has 3 rings (SSSR count). The lowest BCUT2D eigenvalue weighted by Gasteiger charge is -2.48. The summed E-state index contributed by atoms with van der Waals surface area (Å²) >= 11 is 6.08. The number of halogens is 1. The Morgan fingerprint density at radius 3 is 2.89 bits per heavy atom. The molecule has 96 valence electrons. The van der Waals surface area contributed by atoms with Gasteiger partial charge < -0.3 is 4.90 Å². The average Bonchev–Trinajstić information content (AvgIpc) is 2.32. The maximum Gasteiger partial charge on any atom is 0.139 e. The van der Waals surface area contributed by atoms with E-state index in [4.69, 9.17) is 11.6 Å². The topological polar surface area (TPSA) is 20.3 Å². The van der Waals surface area contributed by atoms with Crippen molar-refractivity contribution in [3.63, 3.8) is 0 Å². The fourth-order valence-electron chi connectivity index (χ4n) is 3.61. The fourth-order valence-corrected chi connectivity index (χ4v) is 3.81. The first-order valence-corrected chi connectivity index (χ1v) is 7.03. The van der Waals surface area contributed by atoms with E-state index in [9.17, 15) is 4.79 Å². The molecule has 0 spiro atoms. The molecule has 0 saturated carbocycles. The smallest absolute Gasteiger partial charge is 0.139 e. The average molecular weight is 264 g/mol. The van der Waals surface area contributed by atoms with Gasteiger partial charge in [-0.1, -0.05) is 25.4 Å². The number of hydrogen-bond acceptors (Lipinski definition) is 2. The molecule has 0 aliphatic carbocycles. The van der Waals surface area contributed by atoms with Crippen molar-refractivity contribution >= 4 is 23.1 Å². The third kappa shape index (κ3) is 1.74. The van der Waals surface area contributed by atoms with E-state index in [2.05, 4.69) is 30.9 Å². The molecule has 18 heavy (non-hydrogen) atoms. The number of piperidine rings is 1. The Bertz CT molecular complexity index is 499. The zero-order valence-corrected chi connectivity index (χ0v) is 11.6. The van der Waals surface area contributed by atoms with Gasteiger partial charge in [-0.3, -0.25) is 4.79 Å². The zero-order chi connectivity index (χ0) is 12.9. The molecule has 2 heterocycles. The van der Waals surface area contributed by atoms with E-state index in [0.717, 1.165) is 18.0 Å². The highest BCUT2D eigenvalue weighted by molar-refractivity contribution is 6.30. The number of benzene rings is 1. The molecule has 0 radical (unpaired) electrons. The summed E-state index contributed by atoms with van der Waals surface area (Å²) in [4.78, 5) is 14.3. The SMILES string of the molecule is C[C@@H]1C(=O)CCN2c3ccc(Cl)cc3C[C@H](C)[C@@H]12. The van der Waals surface area contributed by atoms with Crippen LogP contribution in [0.25, 0.3) is 0 Å². The lowest BCUT2D eigenvalue weighted by atomic mass is 9.76. The van der Waals surface area contributed by atoms with Gasteiger partial charge in [0, 0.05) is 35.6 Å². The van der Waals surface area contributed by atoms with E-state index in [1.54, 1.807) is 0 Å². The van der Waals surface area contributed by atoms with Crippen molar-refractivity contribution in [3.05, 3.63) is 28.8 Å². The van der Waals surface area contributed by atoms with Gasteiger partial charge in [-0.05, 0) is 36.1 Å². The van der Waals surface area contributed by atoms with Crippen molar-refractivity contribution in [1.29, 1.82) is 0 Å². The Morgan fingerprint density at radius 2 is 2.11 bits per heavy atom. The summed E-state index contributed by atoms with van der Waals surface area (Å²) < 4.78 is 0. The van der Waals surface area contributed by atoms with Gasteiger partial charge in [-0.2, -0.15) is 0 Å². The van der Waals surface area contributed by atoms with Crippen LogP contribution in [0, 0.1) is 11.8 Å². The Hall–Kier alpha value is -1.02. The van der Waals surface area contributed by atoms with Crippen LogP contribution in [0.4, 0.5) is 5.69 Å². The predicted molar refractivity (Wildman–Crippen MR) is 74.2 cm³/mol. The summed E-state index contributed by atoms with van der Waals surface area (Å²) in [7, 11) is 0. The first kappa shape index (κ1) is 12.0. The Balaban J connectivity index is 2.04. The van der Waals surface area contributed by atoms with Crippen LogP contribution in [-0.4, -0.2) is 18.4 Å². The van der Waals surface area contributed by atoms with Crippen molar-refractivity contribution < 1.29 is 4.79 Å². The largest absolute Gasteiger partial charge is 0.367 e. The highest BCUT2D eigenvalue weighted by Gasteiger charge is 2.40. The second-order valence-electron chi connectivity index (χ2n) is 5.64. The molecule has 0 aromatic heterocycles. The molecule has 2 aliphatic heterocycles. The second kappa shape index (κ2) is 4.27. The number of rotatable bonds is 0. The van der Waals surface area contributed by atoms with Crippen LogP contribution in [0.1, 0.15) is 25.8 Å². The van der Waals surface area contributed by atoms with Gasteiger partial charge >= 0.3 is 0 Å². The Morgan fingerprint density at radius 1 is 1.33 bits per heavy atom. The number of nitrogens with zero attached hydrogens (tertiary/aromatic N) is 1. The number of Topliss-reactive ketones (excluding diaryl/α,β-unsaturated/α-hetero) is 1. The van der Waals surface area contributed by atoms with Gasteiger partial charge in [0.05, 0.1) is 0 Å².